The fraction of sp³-hybridized carbons (Fsp3) is 0.467. The van der Waals surface area contributed by atoms with Crippen LogP contribution in [0.15, 0.2) is 54.6 Å². The van der Waals surface area contributed by atoms with Crippen LogP contribution in [0.4, 0.5) is 0 Å². The van der Waals surface area contributed by atoms with Gasteiger partial charge in [-0.05, 0) is 107 Å². The summed E-state index contributed by atoms with van der Waals surface area (Å²) >= 11 is 0. The predicted octanol–water partition coefficient (Wildman–Crippen LogP) is 8.46. The number of hydrogen-bond acceptors (Lipinski definition) is 0. The number of hydrogen-bond donors (Lipinski definition) is 0. The van der Waals surface area contributed by atoms with Crippen molar-refractivity contribution in [1.82, 2.24) is 0 Å². The predicted molar refractivity (Wildman–Crippen MR) is 128 cm³/mol. The standard InChI is InChI=1S/C30H34/c1-3-7-24-17-26(13-9-21(24)5-1)28-15-11-23-12-16-29(20-30(23)19-28)27-14-10-22-6-2-4-8-25(22)18-27/h9,11-13,15-17,19-20,22,25,27H,1-8,10,14,18H2. The van der Waals surface area contributed by atoms with Crippen LogP contribution in [0, 0.1) is 11.8 Å². The zero-order valence-corrected chi connectivity index (χ0v) is 18.2. The second-order valence-corrected chi connectivity index (χ2v) is 10.3. The fourth-order valence-corrected chi connectivity index (χ4v) is 6.79. The summed E-state index contributed by atoms with van der Waals surface area (Å²) in [6.45, 7) is 0. The smallest absolute Gasteiger partial charge is 0.0159 e. The Hall–Kier alpha value is -2.08. The first kappa shape index (κ1) is 18.7. The minimum Gasteiger partial charge on any atom is -0.0582 e. The molecule has 0 heteroatoms. The molecular formula is C30H34. The summed E-state index contributed by atoms with van der Waals surface area (Å²) < 4.78 is 0. The molecule has 30 heavy (non-hydrogen) atoms. The molecule has 0 radical (unpaired) electrons. The third-order valence-corrected chi connectivity index (χ3v) is 8.56. The summed E-state index contributed by atoms with van der Waals surface area (Å²) in [5.74, 6) is 2.81. The molecule has 3 unspecified atom stereocenters. The highest BCUT2D eigenvalue weighted by molar-refractivity contribution is 5.88. The molecule has 3 aliphatic rings. The van der Waals surface area contributed by atoms with Crippen LogP contribution in [0.1, 0.15) is 80.4 Å². The Morgan fingerprint density at radius 2 is 1.30 bits per heavy atom. The zero-order valence-electron chi connectivity index (χ0n) is 18.2. The summed E-state index contributed by atoms with van der Waals surface area (Å²) in [5, 5.41) is 2.81. The lowest BCUT2D eigenvalue weighted by Gasteiger charge is -2.39. The molecule has 0 N–H and O–H groups in total. The monoisotopic (exact) mass is 394 g/mol. The highest BCUT2D eigenvalue weighted by Crippen LogP contribution is 2.46. The van der Waals surface area contributed by atoms with Gasteiger partial charge in [0, 0.05) is 0 Å². The molecule has 3 aromatic carbocycles. The average molecular weight is 395 g/mol. The van der Waals surface area contributed by atoms with Crippen molar-refractivity contribution in [3.05, 3.63) is 71.3 Å². The van der Waals surface area contributed by atoms with Gasteiger partial charge < -0.3 is 0 Å². The molecule has 0 spiro atoms. The van der Waals surface area contributed by atoms with Crippen LogP contribution >= 0.6 is 0 Å². The van der Waals surface area contributed by atoms with Crippen molar-refractivity contribution in [2.75, 3.05) is 0 Å². The van der Waals surface area contributed by atoms with Gasteiger partial charge in [0.25, 0.3) is 0 Å². The van der Waals surface area contributed by atoms with Crippen LogP contribution in [0.3, 0.4) is 0 Å². The van der Waals surface area contributed by atoms with Crippen LogP contribution in [-0.4, -0.2) is 0 Å². The third kappa shape index (κ3) is 3.49. The quantitative estimate of drug-likeness (QED) is 0.409. The van der Waals surface area contributed by atoms with E-state index < -0.39 is 0 Å². The molecule has 0 aliphatic heterocycles. The van der Waals surface area contributed by atoms with E-state index in [1.54, 1.807) is 16.7 Å². The first-order valence-electron chi connectivity index (χ1n) is 12.5. The first-order valence-corrected chi connectivity index (χ1v) is 12.5. The summed E-state index contributed by atoms with van der Waals surface area (Å²) in [6.07, 6.45) is 15.4. The second-order valence-electron chi connectivity index (χ2n) is 10.3. The highest BCUT2D eigenvalue weighted by atomic mass is 14.4. The number of rotatable bonds is 2. The Kier molecular flexibility index (Phi) is 4.90. The minimum absolute atomic E-state index is 0.779. The molecule has 6 rings (SSSR count). The summed E-state index contributed by atoms with van der Waals surface area (Å²) in [7, 11) is 0. The van der Waals surface area contributed by atoms with E-state index in [0.717, 1.165) is 17.8 Å². The first-order chi connectivity index (χ1) is 14.8. The summed E-state index contributed by atoms with van der Waals surface area (Å²) in [5.41, 5.74) is 7.52. The molecule has 3 aliphatic carbocycles. The lowest BCUT2D eigenvalue weighted by atomic mass is 9.66. The van der Waals surface area contributed by atoms with Crippen molar-refractivity contribution >= 4 is 10.8 Å². The third-order valence-electron chi connectivity index (χ3n) is 8.56. The molecule has 0 heterocycles. The molecular weight excluding hydrogens is 360 g/mol. The zero-order chi connectivity index (χ0) is 19.9. The molecule has 0 aromatic heterocycles. The van der Waals surface area contributed by atoms with Crippen molar-refractivity contribution in [2.45, 2.75) is 76.5 Å². The van der Waals surface area contributed by atoms with Crippen LogP contribution in [0.2, 0.25) is 0 Å². The average Bonchev–Trinajstić information content (AvgIpc) is 2.82. The van der Waals surface area contributed by atoms with Crippen LogP contribution in [0.25, 0.3) is 21.9 Å². The van der Waals surface area contributed by atoms with E-state index in [2.05, 4.69) is 54.6 Å². The number of aryl methyl sites for hydroxylation is 2. The molecule has 2 fully saturated rings. The van der Waals surface area contributed by atoms with Crippen LogP contribution in [-0.2, 0) is 12.8 Å². The van der Waals surface area contributed by atoms with E-state index in [4.69, 9.17) is 0 Å². The Balaban J connectivity index is 1.30. The van der Waals surface area contributed by atoms with Gasteiger partial charge in [-0.3, -0.25) is 0 Å². The second kappa shape index (κ2) is 7.88. The largest absolute Gasteiger partial charge is 0.0582 e. The van der Waals surface area contributed by atoms with Gasteiger partial charge in [0.05, 0.1) is 0 Å². The normalized spacial score (nSPS) is 26.2. The SMILES string of the molecule is c1cc2c(cc1-c1ccc3ccc(C4CCC5CCCCC5C4)cc3c1)CCCC2. The van der Waals surface area contributed by atoms with Gasteiger partial charge >= 0.3 is 0 Å². The van der Waals surface area contributed by atoms with Gasteiger partial charge in [0.1, 0.15) is 0 Å². The molecule has 0 amide bonds. The fourth-order valence-electron chi connectivity index (χ4n) is 6.79. The molecule has 3 atom stereocenters. The van der Waals surface area contributed by atoms with Gasteiger partial charge in [-0.15, -0.1) is 0 Å². The lowest BCUT2D eigenvalue weighted by Crippen LogP contribution is -2.26. The van der Waals surface area contributed by atoms with Crippen molar-refractivity contribution in [1.29, 1.82) is 0 Å². The highest BCUT2D eigenvalue weighted by Gasteiger charge is 2.32. The summed E-state index contributed by atoms with van der Waals surface area (Å²) in [4.78, 5) is 0. The van der Waals surface area contributed by atoms with E-state index in [-0.39, 0.29) is 0 Å². The van der Waals surface area contributed by atoms with E-state index in [1.807, 2.05) is 0 Å². The van der Waals surface area contributed by atoms with Crippen molar-refractivity contribution in [2.24, 2.45) is 11.8 Å². The van der Waals surface area contributed by atoms with Crippen molar-refractivity contribution in [3.63, 3.8) is 0 Å². The summed E-state index contributed by atoms with van der Waals surface area (Å²) in [6, 6.07) is 21.6. The number of benzene rings is 3. The van der Waals surface area contributed by atoms with Gasteiger partial charge in [0.2, 0.25) is 0 Å². The van der Waals surface area contributed by atoms with Crippen LogP contribution in [0.5, 0.6) is 0 Å². The van der Waals surface area contributed by atoms with Crippen molar-refractivity contribution in [3.8, 4) is 11.1 Å². The minimum atomic E-state index is 0.779. The molecule has 0 bridgehead atoms. The van der Waals surface area contributed by atoms with E-state index in [0.29, 0.717) is 0 Å². The molecule has 0 saturated heterocycles. The van der Waals surface area contributed by atoms with Gasteiger partial charge in [0.15, 0.2) is 0 Å². The maximum atomic E-state index is 2.52. The number of fused-ring (bicyclic) bond motifs is 3. The van der Waals surface area contributed by atoms with Gasteiger partial charge in [-0.1, -0.05) is 74.2 Å². The topological polar surface area (TPSA) is 0 Å². The van der Waals surface area contributed by atoms with E-state index >= 15 is 0 Å². The molecule has 3 aromatic rings. The molecule has 0 nitrogen and oxygen atoms in total. The maximum Gasteiger partial charge on any atom is -0.0159 e. The van der Waals surface area contributed by atoms with Crippen molar-refractivity contribution < 1.29 is 0 Å². The van der Waals surface area contributed by atoms with E-state index in [9.17, 15) is 0 Å². The molecule has 154 valence electrons. The van der Waals surface area contributed by atoms with Crippen LogP contribution < -0.4 is 0 Å². The Bertz CT molecular complexity index is 1060. The van der Waals surface area contributed by atoms with Gasteiger partial charge in [-0.25, -0.2) is 0 Å². The molecule has 2 saturated carbocycles. The Labute approximate surface area is 181 Å². The Morgan fingerprint density at radius 1 is 0.533 bits per heavy atom. The Morgan fingerprint density at radius 3 is 2.23 bits per heavy atom. The van der Waals surface area contributed by atoms with E-state index in [1.165, 1.54) is 92.5 Å². The lowest BCUT2D eigenvalue weighted by molar-refractivity contribution is 0.155. The van der Waals surface area contributed by atoms with Gasteiger partial charge in [-0.2, -0.15) is 0 Å². The maximum absolute atomic E-state index is 2.52.